The van der Waals surface area contributed by atoms with Crippen molar-refractivity contribution in [2.75, 3.05) is 0 Å². The summed E-state index contributed by atoms with van der Waals surface area (Å²) in [5.41, 5.74) is 0. The van der Waals surface area contributed by atoms with E-state index in [0.717, 1.165) is 0 Å². The number of ketones is 4. The van der Waals surface area contributed by atoms with Crippen molar-refractivity contribution in [3.05, 3.63) is 0 Å². The largest absolute Gasteiger partial charge is 0.291 e. The minimum Gasteiger partial charge on any atom is -0.291 e. The fourth-order valence-electron chi connectivity index (χ4n) is 0.498. The van der Waals surface area contributed by atoms with Crippen LogP contribution in [0.3, 0.4) is 0 Å². The van der Waals surface area contributed by atoms with Gasteiger partial charge in [0.15, 0.2) is 23.1 Å². The monoisotopic (exact) mass is 307 g/mol. The molecule has 0 aromatic rings. The maximum Gasteiger partial charge on any atom is 0.197 e. The van der Waals surface area contributed by atoms with E-state index in [1.807, 2.05) is 0 Å². The second-order valence-corrected chi connectivity index (χ2v) is 3.71. The average molecular weight is 307 g/mol. The van der Waals surface area contributed by atoms with Crippen LogP contribution in [0.25, 0.3) is 0 Å². The van der Waals surface area contributed by atoms with Crippen molar-refractivity contribution in [1.29, 1.82) is 0 Å². The van der Waals surface area contributed by atoms with E-state index in [1.54, 1.807) is 27.7 Å². The summed E-state index contributed by atoms with van der Waals surface area (Å²) in [5, 5.41) is 9.53. The van der Waals surface area contributed by atoms with Gasteiger partial charge in [0.1, 0.15) is 0 Å². The third-order valence-electron chi connectivity index (χ3n) is 1.43. The maximum atomic E-state index is 10.2. The zero-order valence-corrected chi connectivity index (χ0v) is 14.1. The summed E-state index contributed by atoms with van der Waals surface area (Å²) in [5.74, 6) is -1.27. The molecule has 0 aliphatic rings. The maximum absolute atomic E-state index is 10.2. The van der Waals surface area contributed by atoms with Gasteiger partial charge in [-0.1, -0.05) is 13.8 Å². The molecular weight excluding hydrogens is 284 g/mol. The Morgan fingerprint density at radius 3 is 0.947 bits per heavy atom. The third kappa shape index (κ3) is 31.7. The van der Waals surface area contributed by atoms with Crippen LogP contribution < -0.4 is 0 Å². The van der Waals surface area contributed by atoms with Crippen LogP contribution in [0, 0.1) is 0 Å². The minimum atomic E-state index is -0.417. The molecular formula is C13H23O5Ti. The number of hydrogen-bond donors (Lipinski definition) is 0. The standard InChI is InChI=1S/2C5H8O2.C3H7O.Ti/c2*1-3-5(7)4(2)6;1-3(2)4;/h2*3H2,1-2H3;3H,1-2H3;. The van der Waals surface area contributed by atoms with Crippen LogP contribution in [0.1, 0.15) is 54.4 Å². The molecule has 0 aliphatic carbocycles. The second-order valence-electron chi connectivity index (χ2n) is 3.71. The van der Waals surface area contributed by atoms with E-state index in [-0.39, 0.29) is 44.9 Å². The molecule has 0 atom stereocenters. The fraction of sp³-hybridized carbons (Fsp3) is 0.692. The van der Waals surface area contributed by atoms with Gasteiger partial charge < -0.3 is 0 Å². The van der Waals surface area contributed by atoms with E-state index in [4.69, 9.17) is 0 Å². The second kappa shape index (κ2) is 17.4. The molecule has 0 saturated carbocycles. The fourth-order valence-corrected chi connectivity index (χ4v) is 0.498. The average Bonchev–Trinajstić information content (AvgIpc) is 2.26. The van der Waals surface area contributed by atoms with E-state index in [2.05, 4.69) is 0 Å². The Morgan fingerprint density at radius 2 is 0.947 bits per heavy atom. The first-order valence-corrected chi connectivity index (χ1v) is 5.83. The SMILES string of the molecule is CC(C)[O].CCC(=O)C(C)=O.CCC(=O)C(C)=O.[Ti]. The van der Waals surface area contributed by atoms with E-state index in [0.29, 0.717) is 12.8 Å². The van der Waals surface area contributed by atoms with Gasteiger partial charge in [0.2, 0.25) is 0 Å². The topological polar surface area (TPSA) is 88.2 Å². The molecule has 0 heterocycles. The molecule has 5 nitrogen and oxygen atoms in total. The molecule has 0 spiro atoms. The summed E-state index contributed by atoms with van der Waals surface area (Å²) >= 11 is 0. The first-order valence-electron chi connectivity index (χ1n) is 5.83. The van der Waals surface area contributed by atoms with Crippen LogP contribution in [0.5, 0.6) is 0 Å². The van der Waals surface area contributed by atoms with Crippen molar-refractivity contribution >= 4 is 23.1 Å². The molecule has 109 valence electrons. The van der Waals surface area contributed by atoms with Crippen LogP contribution >= 0.6 is 0 Å². The normalized spacial score (nSPS) is 8.00. The molecule has 19 heavy (non-hydrogen) atoms. The van der Waals surface area contributed by atoms with E-state index >= 15 is 0 Å². The van der Waals surface area contributed by atoms with Crippen LogP contribution in [-0.2, 0) is 46.0 Å². The molecule has 0 unspecified atom stereocenters. The molecule has 1 radical (unpaired) electrons. The summed E-state index contributed by atoms with van der Waals surface area (Å²) in [6, 6.07) is 0. The van der Waals surface area contributed by atoms with Gasteiger partial charge in [-0.05, 0) is 13.8 Å². The van der Waals surface area contributed by atoms with E-state index in [9.17, 15) is 24.3 Å². The van der Waals surface area contributed by atoms with Crippen LogP contribution in [0.4, 0.5) is 0 Å². The molecule has 0 aromatic carbocycles. The first kappa shape index (κ1) is 26.8. The summed E-state index contributed by atoms with van der Waals surface area (Å²) < 4.78 is 0. The van der Waals surface area contributed by atoms with Crippen molar-refractivity contribution < 1.29 is 46.0 Å². The zero-order chi connectivity index (χ0) is 15.3. The quantitative estimate of drug-likeness (QED) is 0.586. The molecule has 0 N–H and O–H groups in total. The molecule has 6 heteroatoms. The van der Waals surface area contributed by atoms with E-state index < -0.39 is 6.10 Å². The summed E-state index contributed by atoms with van der Waals surface area (Å²) in [4.78, 5) is 40.4. The Kier molecular flexibility index (Phi) is 24.5. The number of Topliss-reactive ketones (excluding diaryl/α,β-unsaturated/α-hetero) is 4. The van der Waals surface area contributed by atoms with Gasteiger partial charge >= 0.3 is 0 Å². The van der Waals surface area contributed by atoms with Crippen molar-refractivity contribution in [2.45, 2.75) is 60.5 Å². The molecule has 0 bridgehead atoms. The number of carbonyl (C=O) groups excluding carboxylic acids is 4. The van der Waals surface area contributed by atoms with Gasteiger partial charge in [-0.2, -0.15) is 0 Å². The number of rotatable bonds is 4. The Bertz CT molecular complexity index is 256. The van der Waals surface area contributed by atoms with Gasteiger partial charge in [0.05, 0.1) is 6.10 Å². The summed E-state index contributed by atoms with van der Waals surface area (Å²) in [7, 11) is 0. The molecule has 0 saturated heterocycles. The molecule has 0 fully saturated rings. The van der Waals surface area contributed by atoms with Crippen molar-refractivity contribution in [1.82, 2.24) is 0 Å². The smallest absolute Gasteiger partial charge is 0.197 e. The van der Waals surface area contributed by atoms with Crippen molar-refractivity contribution in [3.8, 4) is 0 Å². The zero-order valence-electron chi connectivity index (χ0n) is 12.5. The summed E-state index contributed by atoms with van der Waals surface area (Å²) in [6.07, 6.45) is 0.241. The Balaban J connectivity index is -0.0000000900. The van der Waals surface area contributed by atoms with Crippen LogP contribution in [-0.4, -0.2) is 29.2 Å². The molecule has 0 aromatic heterocycles. The molecule has 0 aliphatic heterocycles. The van der Waals surface area contributed by atoms with Crippen molar-refractivity contribution in [2.24, 2.45) is 0 Å². The van der Waals surface area contributed by atoms with Crippen molar-refractivity contribution in [3.63, 3.8) is 0 Å². The Morgan fingerprint density at radius 1 is 0.789 bits per heavy atom. The predicted molar refractivity (Wildman–Crippen MR) is 67.8 cm³/mol. The first-order chi connectivity index (χ1) is 8.09. The molecule has 0 rings (SSSR count). The minimum absolute atomic E-state index is 0. The summed E-state index contributed by atoms with van der Waals surface area (Å²) in [6.45, 7) is 9.13. The van der Waals surface area contributed by atoms with E-state index in [1.165, 1.54) is 13.8 Å². The molecule has 0 amide bonds. The van der Waals surface area contributed by atoms with Crippen LogP contribution in [0.15, 0.2) is 0 Å². The predicted octanol–water partition coefficient (Wildman–Crippen LogP) is 1.93. The van der Waals surface area contributed by atoms with Crippen LogP contribution in [0.2, 0.25) is 0 Å². The Hall–Kier alpha value is -0.646. The Labute approximate surface area is 130 Å². The number of carbonyl (C=O) groups is 4. The van der Waals surface area contributed by atoms with Gasteiger partial charge in [0, 0.05) is 48.4 Å². The number of hydrogen-bond acceptors (Lipinski definition) is 4. The van der Waals surface area contributed by atoms with Gasteiger partial charge in [-0.15, -0.1) is 0 Å². The third-order valence-corrected chi connectivity index (χ3v) is 1.43. The van der Waals surface area contributed by atoms with Gasteiger partial charge in [-0.3, -0.25) is 19.2 Å². The van der Waals surface area contributed by atoms with Gasteiger partial charge in [-0.25, -0.2) is 5.11 Å². The van der Waals surface area contributed by atoms with Gasteiger partial charge in [0.25, 0.3) is 0 Å².